The first-order chi connectivity index (χ1) is 7.03. The molecular weight excluding hydrogens is 220 g/mol. The van der Waals surface area contributed by atoms with Crippen LogP contribution in [0.2, 0.25) is 0 Å². The number of imidazole rings is 1. The Balaban J connectivity index is 2.33. The Labute approximate surface area is 89.4 Å². The van der Waals surface area contributed by atoms with Gasteiger partial charge in [-0.05, 0) is 6.92 Å². The molecule has 1 rings (SSSR count). The molecule has 86 valence electrons. The average molecular weight is 235 g/mol. The fraction of sp³-hybridized carbons (Fsp3) is 0.625. The maximum atomic E-state index is 11.0. The average Bonchev–Trinajstić information content (AvgIpc) is 2.51. The standard InChI is InChI=1S/C8H15N2O4S/c1-3-13-15(11,12)14-7-6-10-5-4-9(2)8-10/h4-5,8H,3,6-7H2,1-2H3/q+1. The van der Waals surface area contributed by atoms with E-state index in [9.17, 15) is 8.42 Å². The van der Waals surface area contributed by atoms with Crippen molar-refractivity contribution in [2.75, 3.05) is 13.2 Å². The van der Waals surface area contributed by atoms with Crippen LogP contribution >= 0.6 is 0 Å². The molecule has 0 unspecified atom stereocenters. The van der Waals surface area contributed by atoms with Crippen LogP contribution in [-0.2, 0) is 32.4 Å². The number of aryl methyl sites for hydroxylation is 1. The topological polar surface area (TPSA) is 61.4 Å². The summed E-state index contributed by atoms with van der Waals surface area (Å²) in [7, 11) is -1.93. The van der Waals surface area contributed by atoms with Gasteiger partial charge in [0.1, 0.15) is 25.5 Å². The van der Waals surface area contributed by atoms with Crippen molar-refractivity contribution in [2.24, 2.45) is 7.05 Å². The summed E-state index contributed by atoms with van der Waals surface area (Å²) in [5.41, 5.74) is 0. The highest BCUT2D eigenvalue weighted by Crippen LogP contribution is 1.96. The molecule has 15 heavy (non-hydrogen) atoms. The Morgan fingerprint density at radius 1 is 1.40 bits per heavy atom. The monoisotopic (exact) mass is 235 g/mol. The Morgan fingerprint density at radius 2 is 2.13 bits per heavy atom. The molecule has 0 aliphatic carbocycles. The molecule has 0 aliphatic heterocycles. The summed E-state index contributed by atoms with van der Waals surface area (Å²) < 4.78 is 34.6. The van der Waals surface area contributed by atoms with Crippen molar-refractivity contribution in [3.05, 3.63) is 18.7 Å². The van der Waals surface area contributed by atoms with Crippen molar-refractivity contribution in [2.45, 2.75) is 13.5 Å². The first-order valence-electron chi connectivity index (χ1n) is 4.58. The van der Waals surface area contributed by atoms with Crippen molar-refractivity contribution in [3.8, 4) is 0 Å². The third kappa shape index (κ3) is 4.41. The molecule has 7 heteroatoms. The lowest BCUT2D eigenvalue weighted by molar-refractivity contribution is -0.671. The number of hydrogen-bond donors (Lipinski definition) is 0. The van der Waals surface area contributed by atoms with Crippen LogP contribution in [0.4, 0.5) is 0 Å². The molecule has 0 saturated heterocycles. The quantitative estimate of drug-likeness (QED) is 0.630. The number of aromatic nitrogens is 2. The first-order valence-corrected chi connectivity index (χ1v) is 5.91. The largest absolute Gasteiger partial charge is 0.399 e. The van der Waals surface area contributed by atoms with E-state index in [0.29, 0.717) is 6.54 Å². The van der Waals surface area contributed by atoms with E-state index in [2.05, 4.69) is 8.37 Å². The van der Waals surface area contributed by atoms with Crippen molar-refractivity contribution >= 4 is 10.4 Å². The van der Waals surface area contributed by atoms with E-state index in [1.165, 1.54) is 0 Å². The van der Waals surface area contributed by atoms with E-state index in [1.807, 2.05) is 34.9 Å². The zero-order valence-corrected chi connectivity index (χ0v) is 9.61. The van der Waals surface area contributed by atoms with Crippen molar-refractivity contribution in [1.29, 1.82) is 0 Å². The highest BCUT2D eigenvalue weighted by molar-refractivity contribution is 7.81. The minimum Gasteiger partial charge on any atom is -0.248 e. The molecule has 0 atom stereocenters. The van der Waals surface area contributed by atoms with Gasteiger partial charge in [0.25, 0.3) is 0 Å². The SMILES string of the molecule is CCOS(=O)(=O)OCCn1cc[n+](C)c1. The fourth-order valence-corrected chi connectivity index (χ4v) is 1.69. The van der Waals surface area contributed by atoms with Gasteiger partial charge < -0.3 is 0 Å². The van der Waals surface area contributed by atoms with Gasteiger partial charge in [0.05, 0.1) is 13.7 Å². The summed E-state index contributed by atoms with van der Waals surface area (Å²) in [5, 5.41) is 0. The molecule has 0 spiro atoms. The van der Waals surface area contributed by atoms with Crippen molar-refractivity contribution in [3.63, 3.8) is 0 Å². The third-order valence-corrected chi connectivity index (χ3v) is 2.64. The highest BCUT2D eigenvalue weighted by atomic mass is 32.3. The van der Waals surface area contributed by atoms with Crippen LogP contribution in [0.15, 0.2) is 18.7 Å². The predicted octanol–water partition coefficient (Wildman–Crippen LogP) is -0.390. The van der Waals surface area contributed by atoms with Crippen LogP contribution < -0.4 is 4.57 Å². The highest BCUT2D eigenvalue weighted by Gasteiger charge is 2.11. The van der Waals surface area contributed by atoms with Gasteiger partial charge in [-0.1, -0.05) is 0 Å². The van der Waals surface area contributed by atoms with Gasteiger partial charge >= 0.3 is 10.4 Å². The van der Waals surface area contributed by atoms with Gasteiger partial charge in [0.2, 0.25) is 6.33 Å². The predicted molar refractivity (Wildman–Crippen MR) is 52.1 cm³/mol. The lowest BCUT2D eigenvalue weighted by Crippen LogP contribution is -2.24. The molecular formula is C8H15N2O4S+. The van der Waals surface area contributed by atoms with Crippen LogP contribution in [0.25, 0.3) is 0 Å². The summed E-state index contributed by atoms with van der Waals surface area (Å²) in [6.07, 6.45) is 5.52. The maximum Gasteiger partial charge on any atom is 0.399 e. The van der Waals surface area contributed by atoms with E-state index in [-0.39, 0.29) is 13.2 Å². The second-order valence-electron chi connectivity index (χ2n) is 2.95. The molecule has 0 bridgehead atoms. The summed E-state index contributed by atoms with van der Waals surface area (Å²) in [6.45, 7) is 2.21. The Morgan fingerprint density at radius 3 is 2.67 bits per heavy atom. The molecule has 0 amide bonds. The van der Waals surface area contributed by atoms with Gasteiger partial charge in [-0.15, -0.1) is 0 Å². The molecule has 0 N–H and O–H groups in total. The van der Waals surface area contributed by atoms with Gasteiger partial charge in [-0.25, -0.2) is 17.5 Å². The molecule has 6 nitrogen and oxygen atoms in total. The summed E-state index contributed by atoms with van der Waals surface area (Å²) in [6, 6.07) is 0. The van der Waals surface area contributed by atoms with Gasteiger partial charge in [0, 0.05) is 0 Å². The van der Waals surface area contributed by atoms with Crippen LogP contribution in [0.5, 0.6) is 0 Å². The van der Waals surface area contributed by atoms with Crippen molar-refractivity contribution in [1.82, 2.24) is 4.57 Å². The Bertz CT molecular complexity index is 399. The van der Waals surface area contributed by atoms with E-state index in [0.717, 1.165) is 0 Å². The third-order valence-electron chi connectivity index (χ3n) is 1.66. The first kappa shape index (κ1) is 12.2. The van der Waals surface area contributed by atoms with E-state index in [4.69, 9.17) is 0 Å². The van der Waals surface area contributed by atoms with Gasteiger partial charge in [-0.2, -0.15) is 8.42 Å². The van der Waals surface area contributed by atoms with Crippen LogP contribution in [0.3, 0.4) is 0 Å². The van der Waals surface area contributed by atoms with E-state index >= 15 is 0 Å². The summed E-state index contributed by atoms with van der Waals surface area (Å²) >= 11 is 0. The number of hydrogen-bond acceptors (Lipinski definition) is 4. The van der Waals surface area contributed by atoms with Crippen LogP contribution in [-0.4, -0.2) is 26.2 Å². The summed E-state index contributed by atoms with van der Waals surface area (Å²) in [5.74, 6) is 0. The van der Waals surface area contributed by atoms with Crippen molar-refractivity contribution < 1.29 is 21.4 Å². The minimum absolute atomic E-state index is 0.0665. The normalized spacial score (nSPS) is 11.9. The zero-order valence-electron chi connectivity index (χ0n) is 8.79. The lowest BCUT2D eigenvalue weighted by Gasteiger charge is -2.02. The number of nitrogens with zero attached hydrogens (tertiary/aromatic N) is 2. The van der Waals surface area contributed by atoms with Gasteiger partial charge in [0.15, 0.2) is 0 Å². The Hall–Kier alpha value is -0.920. The minimum atomic E-state index is -3.82. The molecule has 1 aromatic rings. The molecule has 1 aromatic heterocycles. The fourth-order valence-electron chi connectivity index (χ4n) is 1.06. The Kier molecular flexibility index (Phi) is 4.25. The second-order valence-corrected chi connectivity index (χ2v) is 4.24. The molecule has 0 saturated carbocycles. The zero-order chi connectivity index (χ0) is 11.3. The van der Waals surface area contributed by atoms with Crippen LogP contribution in [0.1, 0.15) is 6.92 Å². The van der Waals surface area contributed by atoms with E-state index in [1.54, 1.807) is 6.92 Å². The second kappa shape index (κ2) is 5.24. The van der Waals surface area contributed by atoms with E-state index < -0.39 is 10.4 Å². The molecule has 0 radical (unpaired) electrons. The molecule has 0 aromatic carbocycles. The lowest BCUT2D eigenvalue weighted by atomic mass is 10.7. The summed E-state index contributed by atoms with van der Waals surface area (Å²) in [4.78, 5) is 0. The smallest absolute Gasteiger partial charge is 0.248 e. The molecule has 0 aliphatic rings. The maximum absolute atomic E-state index is 11.0. The number of rotatable bonds is 6. The molecule has 0 fully saturated rings. The molecule has 1 heterocycles. The van der Waals surface area contributed by atoms with Crippen LogP contribution in [0, 0.1) is 0 Å². The van der Waals surface area contributed by atoms with Gasteiger partial charge in [-0.3, -0.25) is 0 Å².